The Morgan fingerprint density at radius 3 is 2.62 bits per heavy atom. The van der Waals surface area contributed by atoms with Gasteiger partial charge in [0, 0.05) is 18.3 Å². The van der Waals surface area contributed by atoms with Crippen molar-refractivity contribution < 1.29 is 64.3 Å². The quantitative estimate of drug-likeness (QED) is 0.655. The smallest absolute Gasteiger partial charge is 0.445 e. The Morgan fingerprint density at radius 2 is 2.06 bits per heavy atom. The molecule has 0 aromatic rings. The number of halogens is 3. The standard InChI is InChI=1S/C9H16BF3NS.K/c1-8(10(11,12)13)7-14-4-6-15-5-3-9(14)2;/h9H,1,3-7H2,2H3;/q-1;+1. The molecular weight excluding hydrogens is 261 g/mol. The molecule has 1 nitrogen and oxygen atoms in total. The Bertz CT molecular complexity index is 237. The van der Waals surface area contributed by atoms with Gasteiger partial charge in [0.1, 0.15) is 0 Å². The van der Waals surface area contributed by atoms with Gasteiger partial charge in [0.15, 0.2) is 0 Å². The summed E-state index contributed by atoms with van der Waals surface area (Å²) in [5.41, 5.74) is -0.575. The van der Waals surface area contributed by atoms with E-state index in [1.54, 1.807) is 0 Å². The molecule has 0 bridgehead atoms. The second-order valence-corrected chi connectivity index (χ2v) is 5.18. The van der Waals surface area contributed by atoms with E-state index in [2.05, 4.69) is 6.58 Å². The predicted octanol–water partition coefficient (Wildman–Crippen LogP) is -0.239. The van der Waals surface area contributed by atoms with Gasteiger partial charge in [0.25, 0.3) is 0 Å². The molecule has 0 aliphatic carbocycles. The molecular formula is C9H16BF3KNS. The first-order chi connectivity index (χ1) is 6.91. The molecule has 0 saturated carbocycles. The van der Waals surface area contributed by atoms with Crippen LogP contribution in [-0.4, -0.2) is 42.5 Å². The molecule has 88 valence electrons. The molecule has 0 aromatic carbocycles. The summed E-state index contributed by atoms with van der Waals surface area (Å²) >= 11 is 1.81. The largest absolute Gasteiger partial charge is 1.00 e. The fourth-order valence-electron chi connectivity index (χ4n) is 1.54. The molecule has 0 aromatic heterocycles. The zero-order chi connectivity index (χ0) is 11.5. The van der Waals surface area contributed by atoms with Crippen molar-refractivity contribution in [1.82, 2.24) is 4.90 Å². The second kappa shape index (κ2) is 7.86. The molecule has 1 aliphatic heterocycles. The maximum atomic E-state index is 12.4. The molecule has 1 atom stereocenters. The predicted molar refractivity (Wildman–Crippen MR) is 61.2 cm³/mol. The molecule has 0 N–H and O–H groups in total. The van der Waals surface area contributed by atoms with E-state index >= 15 is 0 Å². The third-order valence-electron chi connectivity index (χ3n) is 2.70. The van der Waals surface area contributed by atoms with Crippen LogP contribution in [0, 0.1) is 0 Å². The Kier molecular flexibility index (Phi) is 8.62. The summed E-state index contributed by atoms with van der Waals surface area (Å²) in [6.07, 6.45) is 0.961. The van der Waals surface area contributed by atoms with Crippen LogP contribution in [-0.2, 0) is 0 Å². The van der Waals surface area contributed by atoms with Crippen LogP contribution >= 0.6 is 11.8 Å². The van der Waals surface area contributed by atoms with Crippen LogP contribution in [0.5, 0.6) is 0 Å². The molecule has 7 heteroatoms. The van der Waals surface area contributed by atoms with Crippen LogP contribution in [0.25, 0.3) is 0 Å². The topological polar surface area (TPSA) is 3.24 Å². The molecule has 0 radical (unpaired) electrons. The number of thioether (sulfide) groups is 1. The third-order valence-corrected chi connectivity index (χ3v) is 3.69. The van der Waals surface area contributed by atoms with Gasteiger partial charge < -0.3 is 12.9 Å². The maximum Gasteiger partial charge on any atom is 1.00 e. The van der Waals surface area contributed by atoms with E-state index in [1.165, 1.54) is 0 Å². The second-order valence-electron chi connectivity index (χ2n) is 3.95. The summed E-state index contributed by atoms with van der Waals surface area (Å²) in [6.45, 7) is 0.966. The van der Waals surface area contributed by atoms with Crippen molar-refractivity contribution in [2.45, 2.75) is 19.4 Å². The van der Waals surface area contributed by atoms with Crippen LogP contribution < -0.4 is 51.4 Å². The molecule has 1 fully saturated rings. The van der Waals surface area contributed by atoms with Crippen LogP contribution in [0.2, 0.25) is 0 Å². The summed E-state index contributed by atoms with van der Waals surface area (Å²) in [6, 6.07) is 0.231. The van der Waals surface area contributed by atoms with E-state index < -0.39 is 12.4 Å². The van der Waals surface area contributed by atoms with Gasteiger partial charge in [-0.25, -0.2) is 0 Å². The first kappa shape index (κ1) is 17.5. The third kappa shape index (κ3) is 5.93. The van der Waals surface area contributed by atoms with Crippen molar-refractivity contribution in [2.24, 2.45) is 0 Å². The van der Waals surface area contributed by atoms with Gasteiger partial charge >= 0.3 is 58.4 Å². The van der Waals surface area contributed by atoms with Crippen molar-refractivity contribution in [3.63, 3.8) is 0 Å². The maximum absolute atomic E-state index is 12.4. The van der Waals surface area contributed by atoms with Crippen LogP contribution in [0.3, 0.4) is 0 Å². The van der Waals surface area contributed by atoms with E-state index in [0.717, 1.165) is 24.5 Å². The van der Waals surface area contributed by atoms with Gasteiger partial charge in [-0.1, -0.05) is 0 Å². The molecule has 1 rings (SSSR count). The Balaban J connectivity index is 0.00000225. The molecule has 1 aliphatic rings. The molecule has 1 saturated heterocycles. The summed E-state index contributed by atoms with van der Waals surface area (Å²) < 4.78 is 37.1. The fraction of sp³-hybridized carbons (Fsp3) is 0.778. The zero-order valence-corrected chi connectivity index (χ0v) is 13.8. The van der Waals surface area contributed by atoms with Crippen molar-refractivity contribution in [2.75, 3.05) is 24.6 Å². The number of hydrogen-bond acceptors (Lipinski definition) is 2. The minimum absolute atomic E-state index is 0. The summed E-state index contributed by atoms with van der Waals surface area (Å²) in [4.78, 5) is 1.89. The van der Waals surface area contributed by atoms with Gasteiger partial charge in [0.2, 0.25) is 0 Å². The molecule has 1 heterocycles. The van der Waals surface area contributed by atoms with Crippen LogP contribution in [0.1, 0.15) is 13.3 Å². The fourth-order valence-corrected chi connectivity index (χ4v) is 2.62. The van der Waals surface area contributed by atoms with E-state index in [0.29, 0.717) is 0 Å². The number of nitrogens with zero attached hydrogens (tertiary/aromatic N) is 1. The Hall–Kier alpha value is 1.54. The summed E-state index contributed by atoms with van der Waals surface area (Å²) in [7, 11) is 0. The molecule has 1 unspecified atom stereocenters. The van der Waals surface area contributed by atoms with Gasteiger partial charge in [-0.2, -0.15) is 11.8 Å². The molecule has 16 heavy (non-hydrogen) atoms. The monoisotopic (exact) mass is 277 g/mol. The number of hydrogen-bond donors (Lipinski definition) is 0. The average Bonchev–Trinajstić information content (AvgIpc) is 2.30. The van der Waals surface area contributed by atoms with E-state index in [9.17, 15) is 12.9 Å². The average molecular weight is 277 g/mol. The zero-order valence-electron chi connectivity index (χ0n) is 9.89. The van der Waals surface area contributed by atoms with Crippen LogP contribution in [0.15, 0.2) is 12.1 Å². The first-order valence-corrected chi connectivity index (χ1v) is 6.26. The van der Waals surface area contributed by atoms with Crippen LogP contribution in [0.4, 0.5) is 12.9 Å². The first-order valence-electron chi connectivity index (χ1n) is 5.10. The summed E-state index contributed by atoms with van der Waals surface area (Å²) in [5.74, 6) is 1.96. The van der Waals surface area contributed by atoms with E-state index in [-0.39, 0.29) is 64.0 Å². The molecule has 0 spiro atoms. The van der Waals surface area contributed by atoms with Gasteiger partial charge in [0.05, 0.1) is 0 Å². The van der Waals surface area contributed by atoms with Gasteiger partial charge in [-0.05, 0) is 25.6 Å². The van der Waals surface area contributed by atoms with E-state index in [4.69, 9.17) is 0 Å². The SMILES string of the molecule is C=C(CN1CCSCCC1C)[B-](F)(F)F.[K+]. The van der Waals surface area contributed by atoms with Gasteiger partial charge in [-0.3, -0.25) is 4.90 Å². The van der Waals surface area contributed by atoms with Crippen molar-refractivity contribution >= 4 is 18.7 Å². The van der Waals surface area contributed by atoms with Crippen molar-refractivity contribution in [1.29, 1.82) is 0 Å². The van der Waals surface area contributed by atoms with Crippen molar-refractivity contribution in [3.8, 4) is 0 Å². The minimum atomic E-state index is -4.87. The minimum Gasteiger partial charge on any atom is -0.445 e. The number of rotatable bonds is 3. The van der Waals surface area contributed by atoms with Crippen molar-refractivity contribution in [3.05, 3.63) is 12.1 Å². The van der Waals surface area contributed by atoms with Gasteiger partial charge in [-0.15, -0.1) is 12.1 Å². The normalized spacial score (nSPS) is 23.4. The summed E-state index contributed by atoms with van der Waals surface area (Å²) in [5, 5.41) is 0. The Labute approximate surface area is 142 Å². The Morgan fingerprint density at radius 1 is 1.44 bits per heavy atom. The van der Waals surface area contributed by atoms with E-state index in [1.807, 2.05) is 23.6 Å². The molecule has 0 amide bonds.